The summed E-state index contributed by atoms with van der Waals surface area (Å²) in [5, 5.41) is 8.83. The molecule has 2 heterocycles. The summed E-state index contributed by atoms with van der Waals surface area (Å²) in [7, 11) is 0. The van der Waals surface area contributed by atoms with Crippen molar-refractivity contribution in [2.45, 2.75) is 19.6 Å². The van der Waals surface area contributed by atoms with Gasteiger partial charge in [-0.1, -0.05) is 12.1 Å². The molecule has 0 fully saturated rings. The molecule has 1 aliphatic heterocycles. The number of rotatable bonds is 2. The average molecular weight is 256 g/mol. The number of imidazole rings is 1. The molecule has 5 heteroatoms. The number of hydrogen-bond donors (Lipinski definition) is 0. The zero-order valence-corrected chi connectivity index (χ0v) is 10.4. The number of aromatic nitrogens is 2. The number of nitrogens with zero attached hydrogens (tertiary/aromatic N) is 4. The Kier molecular flexibility index (Phi) is 3.02. The molecule has 2 aromatic rings. The number of hydrogen-bond acceptors (Lipinski definition) is 3. The Labute approximate surface area is 110 Å². The lowest BCUT2D eigenvalue weighted by molar-refractivity contribution is 0.206. The van der Waals surface area contributed by atoms with Gasteiger partial charge >= 0.3 is 0 Å². The van der Waals surface area contributed by atoms with Gasteiger partial charge in [-0.25, -0.2) is 9.37 Å². The molecule has 19 heavy (non-hydrogen) atoms. The molecule has 1 aromatic carbocycles. The molecule has 0 N–H and O–H groups in total. The average Bonchev–Trinajstić information content (AvgIpc) is 2.88. The molecule has 0 radical (unpaired) electrons. The highest BCUT2D eigenvalue weighted by Crippen LogP contribution is 2.17. The third kappa shape index (κ3) is 2.23. The first-order chi connectivity index (χ1) is 9.28. The molecule has 0 spiro atoms. The zero-order chi connectivity index (χ0) is 13.2. The molecule has 96 valence electrons. The second-order valence-electron chi connectivity index (χ2n) is 4.64. The van der Waals surface area contributed by atoms with E-state index in [-0.39, 0.29) is 5.56 Å². The van der Waals surface area contributed by atoms with Gasteiger partial charge in [0.05, 0.1) is 12.1 Å². The summed E-state index contributed by atoms with van der Waals surface area (Å²) >= 11 is 0. The van der Waals surface area contributed by atoms with E-state index in [9.17, 15) is 4.39 Å². The first kappa shape index (κ1) is 11.9. The van der Waals surface area contributed by atoms with Gasteiger partial charge in [0.15, 0.2) is 0 Å². The lowest BCUT2D eigenvalue weighted by Gasteiger charge is -2.27. The molecule has 0 bridgehead atoms. The molecule has 1 aromatic heterocycles. The summed E-state index contributed by atoms with van der Waals surface area (Å²) < 4.78 is 16.1. The topological polar surface area (TPSA) is 44.9 Å². The Morgan fingerprint density at radius 3 is 3.11 bits per heavy atom. The van der Waals surface area contributed by atoms with Crippen molar-refractivity contribution in [3.8, 4) is 6.07 Å². The van der Waals surface area contributed by atoms with Crippen molar-refractivity contribution in [2.75, 3.05) is 6.54 Å². The van der Waals surface area contributed by atoms with Crippen LogP contribution >= 0.6 is 0 Å². The van der Waals surface area contributed by atoms with Crippen molar-refractivity contribution in [1.29, 1.82) is 5.26 Å². The van der Waals surface area contributed by atoms with Gasteiger partial charge in [0.2, 0.25) is 0 Å². The van der Waals surface area contributed by atoms with Gasteiger partial charge in [0.25, 0.3) is 0 Å². The maximum absolute atomic E-state index is 14.0. The van der Waals surface area contributed by atoms with Crippen LogP contribution in [0.2, 0.25) is 0 Å². The van der Waals surface area contributed by atoms with Crippen LogP contribution in [0.15, 0.2) is 30.6 Å². The van der Waals surface area contributed by atoms with Crippen LogP contribution in [-0.4, -0.2) is 21.0 Å². The van der Waals surface area contributed by atoms with Crippen LogP contribution in [-0.2, 0) is 19.6 Å². The molecule has 0 atom stereocenters. The fourth-order valence-electron chi connectivity index (χ4n) is 2.39. The standard InChI is InChI=1S/C14H13FN4/c15-14-11(8-16)2-1-3-12(14)9-18-6-7-19-5-4-17-13(19)10-18/h1-5H,6-7,9-10H2. The minimum atomic E-state index is -0.404. The van der Waals surface area contributed by atoms with Crippen molar-refractivity contribution in [1.82, 2.24) is 14.5 Å². The van der Waals surface area contributed by atoms with Gasteiger partial charge in [-0.3, -0.25) is 4.90 Å². The van der Waals surface area contributed by atoms with Crippen LogP contribution in [0.1, 0.15) is 17.0 Å². The van der Waals surface area contributed by atoms with Gasteiger partial charge in [0, 0.05) is 37.6 Å². The lowest BCUT2D eigenvalue weighted by Crippen LogP contribution is -2.33. The van der Waals surface area contributed by atoms with Crippen LogP contribution in [0.25, 0.3) is 0 Å². The van der Waals surface area contributed by atoms with Gasteiger partial charge in [-0.2, -0.15) is 5.26 Å². The molecule has 0 aliphatic carbocycles. The molecule has 4 nitrogen and oxygen atoms in total. The SMILES string of the molecule is N#Cc1cccc(CN2CCn3ccnc3C2)c1F. The maximum atomic E-state index is 14.0. The van der Waals surface area contributed by atoms with Crippen molar-refractivity contribution < 1.29 is 4.39 Å². The second kappa shape index (κ2) is 4.82. The van der Waals surface area contributed by atoms with Crippen LogP contribution in [0, 0.1) is 17.1 Å². The van der Waals surface area contributed by atoms with Crippen molar-refractivity contribution in [2.24, 2.45) is 0 Å². The molecule has 1 aliphatic rings. The van der Waals surface area contributed by atoms with Gasteiger partial charge in [-0.05, 0) is 6.07 Å². The Bertz CT molecular complexity index is 641. The minimum absolute atomic E-state index is 0.107. The lowest BCUT2D eigenvalue weighted by atomic mass is 10.1. The number of benzene rings is 1. The molecule has 3 rings (SSSR count). The maximum Gasteiger partial charge on any atom is 0.145 e. The van der Waals surface area contributed by atoms with Crippen molar-refractivity contribution in [3.63, 3.8) is 0 Å². The fraction of sp³-hybridized carbons (Fsp3) is 0.286. The van der Waals surface area contributed by atoms with Crippen LogP contribution in [0.5, 0.6) is 0 Å². The highest BCUT2D eigenvalue weighted by molar-refractivity contribution is 5.34. The smallest absolute Gasteiger partial charge is 0.145 e. The molecule has 0 saturated heterocycles. The molecule has 0 saturated carbocycles. The Balaban J connectivity index is 1.79. The minimum Gasteiger partial charge on any atom is -0.333 e. The third-order valence-corrected chi connectivity index (χ3v) is 3.42. The molecule has 0 unspecified atom stereocenters. The van der Waals surface area contributed by atoms with E-state index in [2.05, 4.69) is 14.5 Å². The molecular formula is C14H13FN4. The van der Waals surface area contributed by atoms with E-state index in [4.69, 9.17) is 5.26 Å². The van der Waals surface area contributed by atoms with Crippen LogP contribution < -0.4 is 0 Å². The first-order valence-electron chi connectivity index (χ1n) is 6.18. The van der Waals surface area contributed by atoms with E-state index in [1.807, 2.05) is 12.3 Å². The summed E-state index contributed by atoms with van der Waals surface area (Å²) in [6.07, 6.45) is 3.75. The Morgan fingerprint density at radius 1 is 1.37 bits per heavy atom. The molecule has 0 amide bonds. The largest absolute Gasteiger partial charge is 0.333 e. The van der Waals surface area contributed by atoms with Gasteiger partial charge < -0.3 is 4.57 Å². The summed E-state index contributed by atoms with van der Waals surface area (Å²) in [5.41, 5.74) is 0.676. The number of nitriles is 1. The third-order valence-electron chi connectivity index (χ3n) is 3.42. The van der Waals surface area contributed by atoms with Crippen molar-refractivity contribution in [3.05, 3.63) is 53.4 Å². The first-order valence-corrected chi connectivity index (χ1v) is 6.18. The highest BCUT2D eigenvalue weighted by Gasteiger charge is 2.18. The summed E-state index contributed by atoms with van der Waals surface area (Å²) in [5.74, 6) is 0.599. The van der Waals surface area contributed by atoms with E-state index in [1.54, 1.807) is 18.3 Å². The quantitative estimate of drug-likeness (QED) is 0.824. The predicted octanol–water partition coefficient (Wildman–Crippen LogP) is 1.91. The monoisotopic (exact) mass is 256 g/mol. The van der Waals surface area contributed by atoms with Gasteiger partial charge in [0.1, 0.15) is 17.7 Å². The van der Waals surface area contributed by atoms with Crippen molar-refractivity contribution >= 4 is 0 Å². The Hall–Kier alpha value is -2.19. The van der Waals surface area contributed by atoms with Crippen LogP contribution in [0.4, 0.5) is 4.39 Å². The normalized spacial score (nSPS) is 14.9. The summed E-state index contributed by atoms with van der Waals surface area (Å²) in [4.78, 5) is 6.42. The summed E-state index contributed by atoms with van der Waals surface area (Å²) in [6.45, 7) is 2.95. The Morgan fingerprint density at radius 2 is 2.26 bits per heavy atom. The van der Waals surface area contributed by atoms with E-state index >= 15 is 0 Å². The van der Waals surface area contributed by atoms with E-state index in [1.165, 1.54) is 6.07 Å². The van der Waals surface area contributed by atoms with E-state index in [0.717, 1.165) is 18.9 Å². The van der Waals surface area contributed by atoms with Gasteiger partial charge in [-0.15, -0.1) is 0 Å². The number of halogens is 1. The van der Waals surface area contributed by atoms with E-state index < -0.39 is 5.82 Å². The highest BCUT2D eigenvalue weighted by atomic mass is 19.1. The zero-order valence-electron chi connectivity index (χ0n) is 10.4. The van der Waals surface area contributed by atoms with E-state index in [0.29, 0.717) is 18.7 Å². The molecular weight excluding hydrogens is 243 g/mol. The van der Waals surface area contributed by atoms with Crippen LogP contribution in [0.3, 0.4) is 0 Å². The second-order valence-corrected chi connectivity index (χ2v) is 4.64. The number of fused-ring (bicyclic) bond motifs is 1. The predicted molar refractivity (Wildman–Crippen MR) is 67.5 cm³/mol. The fourth-order valence-corrected chi connectivity index (χ4v) is 2.39. The summed E-state index contributed by atoms with van der Waals surface area (Å²) in [6, 6.07) is 6.83.